The summed E-state index contributed by atoms with van der Waals surface area (Å²) in [5.41, 5.74) is 9.62. The maximum Gasteiger partial charge on any atom is 0.146 e. The van der Waals surface area contributed by atoms with Crippen molar-refractivity contribution in [2.45, 2.75) is 25.2 Å². The van der Waals surface area contributed by atoms with E-state index in [2.05, 4.69) is 11.1 Å². The zero-order chi connectivity index (χ0) is 13.4. The molecule has 0 radical (unpaired) electrons. The summed E-state index contributed by atoms with van der Waals surface area (Å²) in [6.45, 7) is 0.694. The number of H-pyrrole nitrogens is 1. The smallest absolute Gasteiger partial charge is 0.146 e. The minimum atomic E-state index is 0.437. The Morgan fingerprint density at radius 1 is 1.32 bits per heavy atom. The number of methoxy groups -OCH3 is 2. The Morgan fingerprint density at radius 2 is 2.16 bits per heavy atom. The second-order valence-corrected chi connectivity index (χ2v) is 5.09. The van der Waals surface area contributed by atoms with Gasteiger partial charge in [-0.05, 0) is 30.9 Å². The molecule has 0 aliphatic heterocycles. The topological polar surface area (TPSA) is 60.3 Å². The molecule has 1 aliphatic carbocycles. The van der Waals surface area contributed by atoms with Crippen molar-refractivity contribution < 1.29 is 9.47 Å². The lowest BCUT2D eigenvalue weighted by molar-refractivity contribution is 0.397. The van der Waals surface area contributed by atoms with Crippen LogP contribution in [-0.4, -0.2) is 25.7 Å². The van der Waals surface area contributed by atoms with Gasteiger partial charge in [-0.25, -0.2) is 0 Å². The Balaban J connectivity index is 2.26. The van der Waals surface area contributed by atoms with Crippen molar-refractivity contribution in [2.24, 2.45) is 5.73 Å². The Kier molecular flexibility index (Phi) is 3.11. The van der Waals surface area contributed by atoms with E-state index in [1.807, 2.05) is 6.07 Å². The summed E-state index contributed by atoms with van der Waals surface area (Å²) in [4.78, 5) is 3.53. The Morgan fingerprint density at radius 3 is 2.84 bits per heavy atom. The van der Waals surface area contributed by atoms with Crippen LogP contribution in [0.5, 0.6) is 11.5 Å². The SMILES string of the molecule is COc1cc(OC)c2[nH]c3c(c2c1)CCCC3CN. The average Bonchev–Trinajstić information content (AvgIpc) is 2.84. The third-order valence-corrected chi connectivity index (χ3v) is 4.11. The van der Waals surface area contributed by atoms with Gasteiger partial charge in [0.1, 0.15) is 11.5 Å². The molecule has 0 fully saturated rings. The number of ether oxygens (including phenoxy) is 2. The molecule has 102 valence electrons. The van der Waals surface area contributed by atoms with E-state index >= 15 is 0 Å². The molecule has 1 aromatic carbocycles. The number of hydrogen-bond acceptors (Lipinski definition) is 3. The highest BCUT2D eigenvalue weighted by molar-refractivity contribution is 5.91. The van der Waals surface area contributed by atoms with Crippen LogP contribution in [0.15, 0.2) is 12.1 Å². The van der Waals surface area contributed by atoms with Crippen LogP contribution in [0.3, 0.4) is 0 Å². The first-order chi connectivity index (χ1) is 9.28. The van der Waals surface area contributed by atoms with Crippen molar-refractivity contribution in [1.82, 2.24) is 4.98 Å². The molecule has 4 heteroatoms. The van der Waals surface area contributed by atoms with E-state index in [0.717, 1.165) is 29.9 Å². The van der Waals surface area contributed by atoms with Crippen molar-refractivity contribution in [3.63, 3.8) is 0 Å². The second-order valence-electron chi connectivity index (χ2n) is 5.09. The third-order valence-electron chi connectivity index (χ3n) is 4.11. The predicted molar refractivity (Wildman–Crippen MR) is 76.1 cm³/mol. The number of rotatable bonds is 3. The number of hydrogen-bond donors (Lipinski definition) is 2. The highest BCUT2D eigenvalue weighted by atomic mass is 16.5. The Labute approximate surface area is 112 Å². The third kappa shape index (κ3) is 1.87. The van der Waals surface area contributed by atoms with Gasteiger partial charge in [0.25, 0.3) is 0 Å². The first-order valence-corrected chi connectivity index (χ1v) is 6.75. The number of benzene rings is 1. The molecule has 1 aromatic heterocycles. The van der Waals surface area contributed by atoms with Crippen molar-refractivity contribution in [2.75, 3.05) is 20.8 Å². The fraction of sp³-hybridized carbons (Fsp3) is 0.467. The second kappa shape index (κ2) is 4.78. The summed E-state index contributed by atoms with van der Waals surface area (Å²) in [6.07, 6.45) is 3.46. The zero-order valence-electron chi connectivity index (χ0n) is 11.5. The van der Waals surface area contributed by atoms with Crippen molar-refractivity contribution >= 4 is 10.9 Å². The summed E-state index contributed by atoms with van der Waals surface area (Å²) in [7, 11) is 3.37. The molecule has 1 heterocycles. The van der Waals surface area contributed by atoms with Crippen molar-refractivity contribution in [1.29, 1.82) is 0 Å². The van der Waals surface area contributed by atoms with E-state index in [1.165, 1.54) is 23.1 Å². The molecule has 1 atom stereocenters. The lowest BCUT2D eigenvalue weighted by Crippen LogP contribution is -2.17. The van der Waals surface area contributed by atoms with Crippen LogP contribution >= 0.6 is 0 Å². The standard InChI is InChI=1S/C15H20N2O2/c1-18-10-6-12-11-5-3-4-9(8-16)14(11)17-15(12)13(7-10)19-2/h6-7,9,17H,3-5,8,16H2,1-2H3. The number of fused-ring (bicyclic) bond motifs is 3. The molecular weight excluding hydrogens is 240 g/mol. The summed E-state index contributed by atoms with van der Waals surface area (Å²) in [6, 6.07) is 4.01. The molecule has 0 saturated carbocycles. The van der Waals surface area contributed by atoms with E-state index in [4.69, 9.17) is 15.2 Å². The molecule has 0 amide bonds. The van der Waals surface area contributed by atoms with Gasteiger partial charge in [0.15, 0.2) is 0 Å². The normalized spacial score (nSPS) is 18.4. The molecule has 0 spiro atoms. The maximum absolute atomic E-state index is 5.89. The predicted octanol–water partition coefficient (Wildman–Crippen LogP) is 2.56. The molecule has 4 nitrogen and oxygen atoms in total. The van der Waals surface area contributed by atoms with Gasteiger partial charge in [0.05, 0.1) is 19.7 Å². The average molecular weight is 260 g/mol. The minimum absolute atomic E-state index is 0.437. The first kappa shape index (κ1) is 12.4. The fourth-order valence-electron chi connectivity index (χ4n) is 3.11. The van der Waals surface area contributed by atoms with E-state index in [9.17, 15) is 0 Å². The van der Waals surface area contributed by atoms with Gasteiger partial charge in [-0.15, -0.1) is 0 Å². The lowest BCUT2D eigenvalue weighted by Gasteiger charge is -2.20. The van der Waals surface area contributed by atoms with Gasteiger partial charge >= 0.3 is 0 Å². The molecule has 3 rings (SSSR count). The first-order valence-electron chi connectivity index (χ1n) is 6.75. The summed E-state index contributed by atoms with van der Waals surface area (Å²) in [5, 5.41) is 1.21. The maximum atomic E-state index is 5.89. The van der Waals surface area contributed by atoms with Gasteiger partial charge < -0.3 is 20.2 Å². The zero-order valence-corrected chi connectivity index (χ0v) is 11.5. The summed E-state index contributed by atoms with van der Waals surface area (Å²) in [5.74, 6) is 2.10. The van der Waals surface area contributed by atoms with E-state index in [-0.39, 0.29) is 0 Å². The Hall–Kier alpha value is -1.68. The number of aryl methyl sites for hydroxylation is 1. The van der Waals surface area contributed by atoms with Gasteiger partial charge in [0.2, 0.25) is 0 Å². The van der Waals surface area contributed by atoms with Gasteiger partial charge in [-0.3, -0.25) is 0 Å². The van der Waals surface area contributed by atoms with Crippen LogP contribution in [0.2, 0.25) is 0 Å². The van der Waals surface area contributed by atoms with E-state index in [0.29, 0.717) is 12.5 Å². The molecule has 2 aromatic rings. The van der Waals surface area contributed by atoms with Crippen molar-refractivity contribution in [3.8, 4) is 11.5 Å². The highest BCUT2D eigenvalue weighted by Crippen LogP contribution is 2.40. The summed E-state index contributed by atoms with van der Waals surface area (Å²) >= 11 is 0. The molecule has 3 N–H and O–H groups in total. The minimum Gasteiger partial charge on any atom is -0.497 e. The van der Waals surface area contributed by atoms with Crippen LogP contribution in [0, 0.1) is 0 Å². The number of aromatic amines is 1. The molecule has 19 heavy (non-hydrogen) atoms. The van der Waals surface area contributed by atoms with Crippen LogP contribution in [0.1, 0.15) is 30.0 Å². The van der Waals surface area contributed by atoms with Crippen LogP contribution < -0.4 is 15.2 Å². The van der Waals surface area contributed by atoms with Crippen LogP contribution in [-0.2, 0) is 6.42 Å². The molecular formula is C15H20N2O2. The summed E-state index contributed by atoms with van der Waals surface area (Å²) < 4.78 is 10.8. The molecule has 0 bridgehead atoms. The largest absolute Gasteiger partial charge is 0.497 e. The monoisotopic (exact) mass is 260 g/mol. The number of nitrogens with two attached hydrogens (primary N) is 1. The Bertz CT molecular complexity index is 604. The number of aromatic nitrogens is 1. The molecule has 1 unspecified atom stereocenters. The molecule has 1 aliphatic rings. The van der Waals surface area contributed by atoms with Crippen LogP contribution in [0.25, 0.3) is 10.9 Å². The van der Waals surface area contributed by atoms with Gasteiger partial charge in [0, 0.05) is 29.6 Å². The highest BCUT2D eigenvalue weighted by Gasteiger charge is 2.24. The molecule has 0 saturated heterocycles. The lowest BCUT2D eigenvalue weighted by atomic mass is 9.87. The van der Waals surface area contributed by atoms with E-state index in [1.54, 1.807) is 14.2 Å². The van der Waals surface area contributed by atoms with E-state index < -0.39 is 0 Å². The van der Waals surface area contributed by atoms with Gasteiger partial charge in [-0.2, -0.15) is 0 Å². The number of nitrogens with one attached hydrogen (secondary N) is 1. The van der Waals surface area contributed by atoms with Crippen molar-refractivity contribution in [3.05, 3.63) is 23.4 Å². The van der Waals surface area contributed by atoms with Crippen LogP contribution in [0.4, 0.5) is 0 Å². The quantitative estimate of drug-likeness (QED) is 0.891. The fourth-order valence-corrected chi connectivity index (χ4v) is 3.11. The van der Waals surface area contributed by atoms with Gasteiger partial charge in [-0.1, -0.05) is 0 Å².